The minimum absolute atomic E-state index is 0.173. The van der Waals surface area contributed by atoms with E-state index >= 15 is 0 Å². The molecule has 0 saturated carbocycles. The lowest BCUT2D eigenvalue weighted by molar-refractivity contribution is 0.146. The summed E-state index contributed by atoms with van der Waals surface area (Å²) in [7, 11) is 0. The van der Waals surface area contributed by atoms with Crippen LogP contribution in [0, 0.1) is 18.3 Å². The van der Waals surface area contributed by atoms with Crippen LogP contribution in [0.1, 0.15) is 23.2 Å². The van der Waals surface area contributed by atoms with Crippen molar-refractivity contribution >= 4 is 0 Å². The monoisotopic (exact) mass is 184 g/mol. The molecule has 0 fully saturated rings. The van der Waals surface area contributed by atoms with E-state index in [9.17, 15) is 13.9 Å². The summed E-state index contributed by atoms with van der Waals surface area (Å²) < 4.78 is 24.6. The smallest absolute Gasteiger partial charge is 0.267 e. The van der Waals surface area contributed by atoms with Gasteiger partial charge in [-0.1, -0.05) is 0 Å². The summed E-state index contributed by atoms with van der Waals surface area (Å²) in [6.07, 6.45) is -1.66. The van der Waals surface area contributed by atoms with Crippen LogP contribution >= 0.6 is 0 Å². The predicted octanol–water partition coefficient (Wildman–Crippen LogP) is 1.90. The molecule has 68 valence electrons. The van der Waals surface area contributed by atoms with Crippen LogP contribution in [0.5, 0.6) is 5.75 Å². The Kier molecular flexibility index (Phi) is 2.42. The van der Waals surface area contributed by atoms with Gasteiger partial charge < -0.3 is 5.11 Å². The maximum Gasteiger partial charge on any atom is 0.267 e. The lowest BCUT2D eigenvalue weighted by Gasteiger charge is -2.06. The van der Waals surface area contributed by atoms with E-state index in [2.05, 4.69) is 4.98 Å². The fraction of sp³-hybridized carbons (Fsp3) is 0.250. The number of nitrogens with zero attached hydrogens (tertiary/aromatic N) is 2. The Morgan fingerprint density at radius 1 is 1.62 bits per heavy atom. The number of aromatic nitrogens is 1. The van der Waals surface area contributed by atoms with Crippen molar-refractivity contribution in [3.8, 4) is 11.8 Å². The van der Waals surface area contributed by atoms with Crippen molar-refractivity contribution < 1.29 is 13.9 Å². The SMILES string of the molecule is Cc1cnc(C#N)c(O)c1C(F)F. The zero-order valence-electron chi connectivity index (χ0n) is 6.75. The standard InChI is InChI=1S/C8H6F2N2O/c1-4-3-12-5(2-11)7(13)6(4)8(9)10/h3,8,13H,1H3. The minimum Gasteiger partial charge on any atom is -0.505 e. The summed E-state index contributed by atoms with van der Waals surface area (Å²) >= 11 is 0. The van der Waals surface area contributed by atoms with E-state index in [1.54, 1.807) is 0 Å². The van der Waals surface area contributed by atoms with Gasteiger partial charge in [0, 0.05) is 6.20 Å². The van der Waals surface area contributed by atoms with Gasteiger partial charge in [-0.3, -0.25) is 0 Å². The normalized spacial score (nSPS) is 10.1. The van der Waals surface area contributed by atoms with Gasteiger partial charge in [0.05, 0.1) is 5.56 Å². The van der Waals surface area contributed by atoms with Gasteiger partial charge in [0.15, 0.2) is 11.4 Å². The molecule has 0 radical (unpaired) electrons. The summed E-state index contributed by atoms with van der Waals surface area (Å²) in [4.78, 5) is 3.49. The molecule has 0 aliphatic rings. The van der Waals surface area contributed by atoms with Gasteiger partial charge in [0.1, 0.15) is 6.07 Å². The average molecular weight is 184 g/mol. The molecule has 0 aromatic carbocycles. The molecule has 3 nitrogen and oxygen atoms in total. The number of hydrogen-bond donors (Lipinski definition) is 1. The number of alkyl halides is 2. The highest BCUT2D eigenvalue weighted by Gasteiger charge is 2.19. The van der Waals surface area contributed by atoms with Crippen molar-refractivity contribution in [2.45, 2.75) is 13.3 Å². The summed E-state index contributed by atoms with van der Waals surface area (Å²) in [5.41, 5.74) is -0.723. The third-order valence-corrected chi connectivity index (χ3v) is 1.62. The van der Waals surface area contributed by atoms with E-state index in [0.29, 0.717) is 0 Å². The predicted molar refractivity (Wildman–Crippen MR) is 40.3 cm³/mol. The van der Waals surface area contributed by atoms with Crippen molar-refractivity contribution in [3.63, 3.8) is 0 Å². The van der Waals surface area contributed by atoms with Gasteiger partial charge in [-0.2, -0.15) is 5.26 Å². The molecule has 1 aromatic heterocycles. The highest BCUT2D eigenvalue weighted by molar-refractivity contribution is 5.46. The molecule has 0 saturated heterocycles. The van der Waals surface area contributed by atoms with Crippen LogP contribution < -0.4 is 0 Å². The Hall–Kier alpha value is -1.70. The molecule has 1 aromatic rings. The Morgan fingerprint density at radius 2 is 2.23 bits per heavy atom. The van der Waals surface area contributed by atoms with Crippen molar-refractivity contribution in [1.82, 2.24) is 4.98 Å². The Morgan fingerprint density at radius 3 is 2.69 bits per heavy atom. The molecule has 0 atom stereocenters. The van der Waals surface area contributed by atoms with Gasteiger partial charge in [-0.15, -0.1) is 0 Å². The van der Waals surface area contributed by atoms with Crippen molar-refractivity contribution in [2.75, 3.05) is 0 Å². The second-order valence-corrected chi connectivity index (χ2v) is 2.46. The molecule has 5 heteroatoms. The van der Waals surface area contributed by atoms with Crippen LogP contribution in [-0.2, 0) is 0 Å². The molecule has 0 unspecified atom stereocenters. The number of hydrogen-bond acceptors (Lipinski definition) is 3. The molecule has 1 rings (SSSR count). The van der Waals surface area contributed by atoms with Gasteiger partial charge in [0.25, 0.3) is 6.43 Å². The number of halogens is 2. The quantitative estimate of drug-likeness (QED) is 0.725. The van der Waals surface area contributed by atoms with Crippen LogP contribution in [0.4, 0.5) is 8.78 Å². The Balaban J connectivity index is 3.41. The molecule has 0 aliphatic carbocycles. The molecule has 1 heterocycles. The molecule has 0 spiro atoms. The Labute approximate surface area is 73.3 Å². The molecule has 1 N–H and O–H groups in total. The summed E-state index contributed by atoms with van der Waals surface area (Å²) in [6, 6.07) is 1.52. The first-order chi connectivity index (χ1) is 6.07. The van der Waals surface area contributed by atoms with Crippen LogP contribution in [0.3, 0.4) is 0 Å². The lowest BCUT2D eigenvalue weighted by atomic mass is 10.1. The van der Waals surface area contributed by atoms with Crippen LogP contribution in [-0.4, -0.2) is 10.1 Å². The first-order valence-electron chi connectivity index (χ1n) is 3.44. The molecule has 0 aliphatic heterocycles. The second kappa shape index (κ2) is 3.35. The van der Waals surface area contributed by atoms with Crippen LogP contribution in [0.2, 0.25) is 0 Å². The van der Waals surface area contributed by atoms with Crippen molar-refractivity contribution in [2.24, 2.45) is 0 Å². The summed E-state index contributed by atoms with van der Waals surface area (Å²) in [5.74, 6) is -0.725. The number of aromatic hydroxyl groups is 1. The molecule has 0 amide bonds. The Bertz CT molecular complexity index is 371. The van der Waals surface area contributed by atoms with Crippen molar-refractivity contribution in [1.29, 1.82) is 5.26 Å². The maximum absolute atomic E-state index is 12.3. The number of aryl methyl sites for hydroxylation is 1. The average Bonchev–Trinajstić information content (AvgIpc) is 2.04. The van der Waals surface area contributed by atoms with E-state index in [1.165, 1.54) is 13.0 Å². The largest absolute Gasteiger partial charge is 0.505 e. The fourth-order valence-corrected chi connectivity index (χ4v) is 0.964. The second-order valence-electron chi connectivity index (χ2n) is 2.46. The zero-order chi connectivity index (χ0) is 10.0. The summed E-state index contributed by atoms with van der Waals surface area (Å²) in [6.45, 7) is 1.40. The van der Waals surface area contributed by atoms with Gasteiger partial charge in [-0.25, -0.2) is 13.8 Å². The van der Waals surface area contributed by atoms with Gasteiger partial charge >= 0.3 is 0 Å². The maximum atomic E-state index is 12.3. The molecule has 0 bridgehead atoms. The highest BCUT2D eigenvalue weighted by Crippen LogP contribution is 2.32. The third kappa shape index (κ3) is 1.56. The van der Waals surface area contributed by atoms with E-state index in [-0.39, 0.29) is 11.3 Å². The van der Waals surface area contributed by atoms with Gasteiger partial charge in [-0.05, 0) is 12.5 Å². The van der Waals surface area contributed by atoms with E-state index in [1.807, 2.05) is 0 Å². The topological polar surface area (TPSA) is 56.9 Å². The number of pyridine rings is 1. The van der Waals surface area contributed by atoms with E-state index < -0.39 is 17.7 Å². The fourth-order valence-electron chi connectivity index (χ4n) is 0.964. The number of rotatable bonds is 1. The zero-order valence-corrected chi connectivity index (χ0v) is 6.75. The lowest BCUT2D eigenvalue weighted by Crippen LogP contribution is -1.95. The van der Waals surface area contributed by atoms with Crippen LogP contribution in [0.15, 0.2) is 6.20 Å². The van der Waals surface area contributed by atoms with Crippen molar-refractivity contribution in [3.05, 3.63) is 23.0 Å². The van der Waals surface area contributed by atoms with Crippen LogP contribution in [0.25, 0.3) is 0 Å². The van der Waals surface area contributed by atoms with E-state index in [0.717, 1.165) is 6.20 Å². The molecule has 13 heavy (non-hydrogen) atoms. The highest BCUT2D eigenvalue weighted by atomic mass is 19.3. The van der Waals surface area contributed by atoms with Gasteiger partial charge in [0.2, 0.25) is 0 Å². The first-order valence-corrected chi connectivity index (χ1v) is 3.44. The summed E-state index contributed by atoms with van der Waals surface area (Å²) in [5, 5.41) is 17.6. The van der Waals surface area contributed by atoms with E-state index in [4.69, 9.17) is 5.26 Å². The first kappa shape index (κ1) is 9.39. The minimum atomic E-state index is -2.80. The number of nitriles is 1. The molecular formula is C8H6F2N2O. The third-order valence-electron chi connectivity index (χ3n) is 1.62. The molecular weight excluding hydrogens is 178 g/mol.